The molecule has 2 aromatic carbocycles. The lowest BCUT2D eigenvalue weighted by Crippen LogP contribution is -2.14. The lowest BCUT2D eigenvalue weighted by atomic mass is 10.2. The second-order valence-corrected chi connectivity index (χ2v) is 8.39. The molecule has 0 atom stereocenters. The number of anilines is 1. The molecule has 0 fully saturated rings. The molecular weight excluding hydrogens is 402 g/mol. The number of phenols is 1. The third kappa shape index (κ3) is 4.12. The van der Waals surface area contributed by atoms with E-state index in [0.29, 0.717) is 15.7 Å². The third-order valence-corrected chi connectivity index (χ3v) is 6.31. The molecule has 1 aromatic heterocycles. The Morgan fingerprint density at radius 3 is 2.68 bits per heavy atom. The second kappa shape index (κ2) is 7.95. The molecule has 0 saturated carbocycles. The van der Waals surface area contributed by atoms with Crippen molar-refractivity contribution in [2.45, 2.75) is 14.9 Å². The number of sulfonamides is 1. The number of carbonyl (C=O) groups excluding carboxylic acids is 1. The van der Waals surface area contributed by atoms with Crippen molar-refractivity contribution in [1.82, 2.24) is 9.55 Å². The Bertz CT molecular complexity index is 1130. The summed E-state index contributed by atoms with van der Waals surface area (Å²) in [5.41, 5.74) is 0.129. The number of hydrogen-bond acceptors (Lipinski definition) is 7. The number of esters is 1. The summed E-state index contributed by atoms with van der Waals surface area (Å²) >= 11 is 1.31. The van der Waals surface area contributed by atoms with E-state index in [1.807, 2.05) is 11.6 Å². The summed E-state index contributed by atoms with van der Waals surface area (Å²) in [7, 11) is -1.03. The fourth-order valence-electron chi connectivity index (χ4n) is 2.35. The van der Waals surface area contributed by atoms with Crippen LogP contribution in [0, 0.1) is 0 Å². The number of benzene rings is 2. The van der Waals surface area contributed by atoms with Crippen molar-refractivity contribution in [1.29, 1.82) is 0 Å². The van der Waals surface area contributed by atoms with Crippen molar-refractivity contribution < 1.29 is 23.1 Å². The molecule has 1 heterocycles. The van der Waals surface area contributed by atoms with Crippen molar-refractivity contribution in [3.63, 3.8) is 0 Å². The fraction of sp³-hybridized carbons (Fsp3) is 0.111. The number of aromatic nitrogens is 2. The molecule has 0 unspecified atom stereocenters. The summed E-state index contributed by atoms with van der Waals surface area (Å²) in [6.45, 7) is 0. The average Bonchev–Trinajstić information content (AvgIpc) is 3.07. The van der Waals surface area contributed by atoms with Crippen LogP contribution in [0.4, 0.5) is 5.69 Å². The summed E-state index contributed by atoms with van der Waals surface area (Å²) < 4.78 is 34.5. The molecule has 0 spiro atoms. The van der Waals surface area contributed by atoms with E-state index >= 15 is 0 Å². The number of ether oxygens (including phenoxy) is 1. The highest BCUT2D eigenvalue weighted by Crippen LogP contribution is 2.33. The number of imidazole rings is 1. The van der Waals surface area contributed by atoms with E-state index in [0.717, 1.165) is 19.2 Å². The molecule has 8 nitrogen and oxygen atoms in total. The van der Waals surface area contributed by atoms with E-state index in [2.05, 4.69) is 14.4 Å². The minimum Gasteiger partial charge on any atom is -0.507 e. The van der Waals surface area contributed by atoms with E-state index in [-0.39, 0.29) is 16.2 Å². The molecule has 0 amide bonds. The van der Waals surface area contributed by atoms with Crippen LogP contribution in [0.15, 0.2) is 69.8 Å². The van der Waals surface area contributed by atoms with Crippen molar-refractivity contribution >= 4 is 33.4 Å². The number of para-hydroxylation sites is 1. The minimum atomic E-state index is -4.02. The van der Waals surface area contributed by atoms with Crippen LogP contribution in [-0.2, 0) is 21.8 Å². The summed E-state index contributed by atoms with van der Waals surface area (Å²) in [6, 6.07) is 10.3. The van der Waals surface area contributed by atoms with E-state index in [9.17, 15) is 18.3 Å². The number of aromatic hydroxyl groups is 1. The predicted octanol–water partition coefficient (Wildman–Crippen LogP) is 2.86. The Balaban J connectivity index is 1.94. The molecular formula is C18H17N3O5S2. The molecule has 10 heteroatoms. The summed E-state index contributed by atoms with van der Waals surface area (Å²) in [6.07, 6.45) is 3.44. The Hall–Kier alpha value is -2.98. The molecule has 0 aliphatic heterocycles. The van der Waals surface area contributed by atoms with Gasteiger partial charge in [-0.2, -0.15) is 0 Å². The number of carbonyl (C=O) groups is 1. The monoisotopic (exact) mass is 419 g/mol. The fourth-order valence-corrected chi connectivity index (χ4v) is 4.41. The Morgan fingerprint density at radius 2 is 2.00 bits per heavy atom. The average molecular weight is 419 g/mol. The SMILES string of the molecule is COC(=O)c1cc(S(=O)(=O)Nc2ccccc2Sc2nccn2C)ccc1O. The zero-order valence-corrected chi connectivity index (χ0v) is 16.6. The molecule has 3 aromatic rings. The first kappa shape index (κ1) is 19.8. The topological polar surface area (TPSA) is 111 Å². The molecule has 146 valence electrons. The van der Waals surface area contributed by atoms with Crippen LogP contribution in [0.25, 0.3) is 0 Å². The highest BCUT2D eigenvalue weighted by Gasteiger charge is 2.21. The number of nitrogens with zero attached hydrogens (tertiary/aromatic N) is 2. The van der Waals surface area contributed by atoms with E-state index < -0.39 is 16.0 Å². The Kier molecular flexibility index (Phi) is 5.61. The lowest BCUT2D eigenvalue weighted by molar-refractivity contribution is 0.0597. The largest absolute Gasteiger partial charge is 0.507 e. The van der Waals surface area contributed by atoms with Gasteiger partial charge in [0, 0.05) is 24.3 Å². The standard InChI is InChI=1S/C18H17N3O5S2/c1-21-10-9-19-18(21)27-16-6-4-3-5-14(16)20-28(24,25)12-7-8-15(22)13(11-12)17(23)26-2/h3-11,20,22H,1-2H3. The first-order valence-corrected chi connectivity index (χ1v) is 10.3. The van der Waals surface area contributed by atoms with Gasteiger partial charge in [0.05, 0.1) is 17.7 Å². The smallest absolute Gasteiger partial charge is 0.341 e. The summed E-state index contributed by atoms with van der Waals surface area (Å²) in [5, 5.41) is 10.5. The van der Waals surface area contributed by atoms with Crippen LogP contribution in [0.2, 0.25) is 0 Å². The Morgan fingerprint density at radius 1 is 1.25 bits per heavy atom. The van der Waals surface area contributed by atoms with Gasteiger partial charge >= 0.3 is 5.97 Å². The molecule has 2 N–H and O–H groups in total. The number of phenolic OH excluding ortho intramolecular Hbond substituents is 1. The van der Waals surface area contributed by atoms with Gasteiger partial charge < -0.3 is 14.4 Å². The van der Waals surface area contributed by atoms with Crippen molar-refractivity contribution in [2.75, 3.05) is 11.8 Å². The quantitative estimate of drug-likeness (QED) is 0.591. The molecule has 0 aliphatic rings. The van der Waals surface area contributed by atoms with Gasteiger partial charge in [0.1, 0.15) is 11.3 Å². The van der Waals surface area contributed by atoms with Crippen LogP contribution in [0.3, 0.4) is 0 Å². The summed E-state index contributed by atoms with van der Waals surface area (Å²) in [4.78, 5) is 16.4. The van der Waals surface area contributed by atoms with Crippen LogP contribution < -0.4 is 4.72 Å². The number of hydrogen-bond donors (Lipinski definition) is 2. The minimum absolute atomic E-state index is 0.178. The second-order valence-electron chi connectivity index (χ2n) is 5.69. The van der Waals surface area contributed by atoms with Crippen molar-refractivity contribution in [2.24, 2.45) is 7.05 Å². The van der Waals surface area contributed by atoms with E-state index in [1.54, 1.807) is 36.7 Å². The molecule has 28 heavy (non-hydrogen) atoms. The van der Waals surface area contributed by atoms with Crippen LogP contribution in [-0.4, -0.2) is 36.2 Å². The molecule has 0 saturated heterocycles. The molecule has 3 rings (SSSR count). The number of rotatable bonds is 6. The normalized spacial score (nSPS) is 11.2. The Labute approximate surface area is 166 Å². The van der Waals surface area contributed by atoms with Gasteiger partial charge in [-0.05, 0) is 42.1 Å². The maximum Gasteiger partial charge on any atom is 0.341 e. The van der Waals surface area contributed by atoms with E-state index in [4.69, 9.17) is 0 Å². The van der Waals surface area contributed by atoms with Gasteiger partial charge in [-0.15, -0.1) is 0 Å². The van der Waals surface area contributed by atoms with Gasteiger partial charge in [-0.3, -0.25) is 4.72 Å². The van der Waals surface area contributed by atoms with Gasteiger partial charge in [0.2, 0.25) is 0 Å². The van der Waals surface area contributed by atoms with Crippen molar-refractivity contribution in [3.8, 4) is 5.75 Å². The predicted molar refractivity (Wildman–Crippen MR) is 104 cm³/mol. The van der Waals surface area contributed by atoms with E-state index in [1.165, 1.54) is 17.8 Å². The van der Waals surface area contributed by atoms with Crippen molar-refractivity contribution in [3.05, 3.63) is 60.4 Å². The molecule has 0 radical (unpaired) electrons. The summed E-state index contributed by atoms with van der Waals surface area (Å²) in [5.74, 6) is -1.20. The zero-order valence-electron chi connectivity index (χ0n) is 15.0. The highest BCUT2D eigenvalue weighted by molar-refractivity contribution is 7.99. The highest BCUT2D eigenvalue weighted by atomic mass is 32.2. The van der Waals surface area contributed by atoms with Gasteiger partial charge in [0.25, 0.3) is 10.0 Å². The zero-order chi connectivity index (χ0) is 20.3. The number of methoxy groups -OCH3 is 1. The first-order chi connectivity index (χ1) is 13.3. The number of nitrogens with one attached hydrogen (secondary N) is 1. The lowest BCUT2D eigenvalue weighted by Gasteiger charge is -2.13. The van der Waals surface area contributed by atoms with Gasteiger partial charge in [-0.1, -0.05) is 12.1 Å². The third-order valence-electron chi connectivity index (χ3n) is 3.79. The van der Waals surface area contributed by atoms with Crippen LogP contribution in [0.1, 0.15) is 10.4 Å². The maximum atomic E-state index is 12.8. The molecule has 0 aliphatic carbocycles. The number of aryl methyl sites for hydroxylation is 1. The first-order valence-electron chi connectivity index (χ1n) is 8.00. The van der Waals surface area contributed by atoms with Crippen LogP contribution in [0.5, 0.6) is 5.75 Å². The van der Waals surface area contributed by atoms with Crippen LogP contribution >= 0.6 is 11.8 Å². The van der Waals surface area contributed by atoms with Gasteiger partial charge in [0.15, 0.2) is 5.16 Å². The maximum absolute atomic E-state index is 12.8. The molecule has 0 bridgehead atoms. The van der Waals surface area contributed by atoms with Gasteiger partial charge in [-0.25, -0.2) is 18.2 Å².